The average Bonchev–Trinajstić information content (AvgIpc) is 3.02. The highest BCUT2D eigenvalue weighted by atomic mass is 32.2. The van der Waals surface area contributed by atoms with Crippen LogP contribution in [0.1, 0.15) is 29.9 Å². The monoisotopic (exact) mass is 327 g/mol. The van der Waals surface area contributed by atoms with Gasteiger partial charge in [-0.2, -0.15) is 0 Å². The first kappa shape index (κ1) is 16.5. The molecule has 1 aliphatic rings. The van der Waals surface area contributed by atoms with Crippen LogP contribution in [0.15, 0.2) is 4.90 Å². The van der Waals surface area contributed by atoms with E-state index in [1.54, 1.807) is 42.1 Å². The summed E-state index contributed by atoms with van der Waals surface area (Å²) in [6.07, 6.45) is 3.25. The van der Waals surface area contributed by atoms with E-state index in [-0.39, 0.29) is 5.91 Å². The summed E-state index contributed by atoms with van der Waals surface area (Å²) in [7, 11) is 3.54. The Morgan fingerprint density at radius 3 is 2.62 bits per heavy atom. The Morgan fingerprint density at radius 1 is 1.48 bits per heavy atom. The minimum absolute atomic E-state index is 0.00124. The maximum Gasteiger partial charge on any atom is 0.265 e. The fourth-order valence-corrected chi connectivity index (χ4v) is 4.94. The number of carbonyl (C=O) groups is 1. The van der Waals surface area contributed by atoms with Crippen molar-refractivity contribution in [1.82, 2.24) is 4.90 Å². The lowest BCUT2D eigenvalue weighted by atomic mass is 9.95. The molecule has 0 aromatic carbocycles. The van der Waals surface area contributed by atoms with Crippen LogP contribution in [0, 0.1) is 11.8 Å². The van der Waals surface area contributed by atoms with Gasteiger partial charge in [0.25, 0.3) is 5.91 Å². The minimum Gasteiger partial charge on any atom is -0.396 e. The molecule has 2 N–H and O–H groups in total. The Bertz CT molecular complexity index is 525. The predicted octanol–water partition coefficient (Wildman–Crippen LogP) is 3.24. The number of thiophene rings is 1. The number of carbonyl (C=O) groups excluding carboxylic acids is 1. The molecule has 1 aromatic rings. The zero-order chi connectivity index (χ0) is 15.7. The van der Waals surface area contributed by atoms with Gasteiger partial charge >= 0.3 is 0 Å². The standard InChI is InChI=1S/C15H25N3OS2/c1-9(2)10-6-7-18(8-10)15-13(20-5)11(16)12(21-15)14(19)17(3)4/h9-10H,6-8,16H2,1-5H3. The molecule has 4 nitrogen and oxygen atoms in total. The molecule has 2 rings (SSSR count). The van der Waals surface area contributed by atoms with Gasteiger partial charge in [0.2, 0.25) is 0 Å². The van der Waals surface area contributed by atoms with Gasteiger partial charge in [0.15, 0.2) is 0 Å². The fourth-order valence-electron chi connectivity index (χ4n) is 2.70. The predicted molar refractivity (Wildman–Crippen MR) is 93.7 cm³/mol. The van der Waals surface area contributed by atoms with Gasteiger partial charge in [-0.3, -0.25) is 4.79 Å². The molecule has 1 aromatic heterocycles. The second-order valence-electron chi connectivity index (χ2n) is 6.12. The number of amides is 1. The Hall–Kier alpha value is -0.880. The largest absolute Gasteiger partial charge is 0.396 e. The highest BCUT2D eigenvalue weighted by Crippen LogP contribution is 2.46. The van der Waals surface area contributed by atoms with Crippen molar-refractivity contribution in [3.05, 3.63) is 4.88 Å². The van der Waals surface area contributed by atoms with Gasteiger partial charge in [0.1, 0.15) is 9.88 Å². The molecule has 1 saturated heterocycles. The zero-order valence-corrected chi connectivity index (χ0v) is 15.1. The first-order chi connectivity index (χ1) is 9.86. The molecule has 0 bridgehead atoms. The summed E-state index contributed by atoms with van der Waals surface area (Å²) < 4.78 is 0. The maximum atomic E-state index is 12.3. The van der Waals surface area contributed by atoms with E-state index in [1.807, 2.05) is 6.26 Å². The molecule has 1 amide bonds. The Balaban J connectivity index is 2.32. The highest BCUT2D eigenvalue weighted by Gasteiger charge is 2.30. The van der Waals surface area contributed by atoms with Crippen molar-refractivity contribution in [2.24, 2.45) is 11.8 Å². The third-order valence-corrected chi connectivity index (χ3v) is 6.35. The van der Waals surface area contributed by atoms with Gasteiger partial charge < -0.3 is 15.5 Å². The van der Waals surface area contributed by atoms with E-state index in [2.05, 4.69) is 18.7 Å². The summed E-state index contributed by atoms with van der Waals surface area (Å²) in [4.78, 5) is 18.0. The summed E-state index contributed by atoms with van der Waals surface area (Å²) >= 11 is 3.19. The van der Waals surface area contributed by atoms with Crippen molar-refractivity contribution in [1.29, 1.82) is 0 Å². The number of hydrogen-bond acceptors (Lipinski definition) is 5. The van der Waals surface area contributed by atoms with Crippen LogP contribution < -0.4 is 10.6 Å². The molecule has 21 heavy (non-hydrogen) atoms. The second kappa shape index (κ2) is 6.48. The number of thioether (sulfide) groups is 1. The van der Waals surface area contributed by atoms with Gasteiger partial charge in [0, 0.05) is 27.2 Å². The number of nitrogen functional groups attached to an aromatic ring is 1. The lowest BCUT2D eigenvalue weighted by molar-refractivity contribution is 0.0833. The van der Waals surface area contributed by atoms with Crippen molar-refractivity contribution in [3.63, 3.8) is 0 Å². The fraction of sp³-hybridized carbons (Fsp3) is 0.667. The summed E-state index contributed by atoms with van der Waals surface area (Å²) in [5, 5.41) is 1.17. The van der Waals surface area contributed by atoms with Crippen molar-refractivity contribution >= 4 is 39.7 Å². The minimum atomic E-state index is -0.00124. The molecule has 1 fully saturated rings. The summed E-state index contributed by atoms with van der Waals surface area (Å²) in [5.74, 6) is 1.43. The first-order valence-corrected chi connectivity index (χ1v) is 9.33. The Kier molecular flexibility index (Phi) is 5.09. The lowest BCUT2D eigenvalue weighted by Crippen LogP contribution is -2.21. The van der Waals surface area contributed by atoms with E-state index < -0.39 is 0 Å². The molecule has 6 heteroatoms. The topological polar surface area (TPSA) is 49.6 Å². The molecular formula is C15H25N3OS2. The molecule has 0 radical (unpaired) electrons. The van der Waals surface area contributed by atoms with Gasteiger partial charge in [0.05, 0.1) is 10.6 Å². The molecule has 2 heterocycles. The van der Waals surface area contributed by atoms with Crippen LogP contribution in [0.2, 0.25) is 0 Å². The van der Waals surface area contributed by atoms with Crippen molar-refractivity contribution in [2.75, 3.05) is 44.1 Å². The molecule has 118 valence electrons. The van der Waals surface area contributed by atoms with Gasteiger partial charge in [-0.15, -0.1) is 23.1 Å². The smallest absolute Gasteiger partial charge is 0.265 e. The molecule has 0 aliphatic carbocycles. The molecule has 0 saturated carbocycles. The average molecular weight is 328 g/mol. The second-order valence-corrected chi connectivity index (χ2v) is 7.94. The summed E-state index contributed by atoms with van der Waals surface area (Å²) in [6, 6.07) is 0. The van der Waals surface area contributed by atoms with Crippen LogP contribution in [0.3, 0.4) is 0 Å². The first-order valence-electron chi connectivity index (χ1n) is 7.29. The van der Waals surface area contributed by atoms with E-state index in [1.165, 1.54) is 11.4 Å². The Labute approximate surface area is 135 Å². The number of nitrogens with zero attached hydrogens (tertiary/aromatic N) is 2. The van der Waals surface area contributed by atoms with Crippen LogP contribution in [0.5, 0.6) is 0 Å². The van der Waals surface area contributed by atoms with Gasteiger partial charge in [-0.05, 0) is 24.5 Å². The van der Waals surface area contributed by atoms with E-state index in [4.69, 9.17) is 5.73 Å². The number of anilines is 2. The molecule has 1 aliphatic heterocycles. The molecule has 0 spiro atoms. The van der Waals surface area contributed by atoms with Crippen LogP contribution in [0.4, 0.5) is 10.7 Å². The van der Waals surface area contributed by atoms with Crippen LogP contribution in [-0.2, 0) is 0 Å². The van der Waals surface area contributed by atoms with Crippen LogP contribution >= 0.6 is 23.1 Å². The normalized spacial score (nSPS) is 18.6. The number of hydrogen-bond donors (Lipinski definition) is 1. The third kappa shape index (κ3) is 3.16. The summed E-state index contributed by atoms with van der Waals surface area (Å²) in [5.41, 5.74) is 6.88. The van der Waals surface area contributed by atoms with E-state index in [0.29, 0.717) is 16.5 Å². The van der Waals surface area contributed by atoms with E-state index in [9.17, 15) is 4.79 Å². The van der Waals surface area contributed by atoms with Gasteiger partial charge in [-0.25, -0.2) is 0 Å². The number of nitrogens with two attached hydrogens (primary N) is 1. The van der Waals surface area contributed by atoms with E-state index in [0.717, 1.165) is 23.9 Å². The quantitative estimate of drug-likeness (QED) is 0.863. The molecule has 1 unspecified atom stereocenters. The van der Waals surface area contributed by atoms with Crippen molar-refractivity contribution in [3.8, 4) is 0 Å². The molecule has 1 atom stereocenters. The molecular weight excluding hydrogens is 302 g/mol. The van der Waals surface area contributed by atoms with Gasteiger partial charge in [-0.1, -0.05) is 13.8 Å². The maximum absolute atomic E-state index is 12.3. The van der Waals surface area contributed by atoms with Crippen LogP contribution in [-0.4, -0.2) is 44.2 Å². The van der Waals surface area contributed by atoms with Crippen LogP contribution in [0.25, 0.3) is 0 Å². The lowest BCUT2D eigenvalue weighted by Gasteiger charge is -2.19. The zero-order valence-electron chi connectivity index (χ0n) is 13.5. The van der Waals surface area contributed by atoms with Crippen molar-refractivity contribution in [2.45, 2.75) is 25.2 Å². The van der Waals surface area contributed by atoms with Crippen molar-refractivity contribution < 1.29 is 4.79 Å². The number of rotatable bonds is 4. The van der Waals surface area contributed by atoms with E-state index >= 15 is 0 Å². The Morgan fingerprint density at radius 2 is 2.14 bits per heavy atom. The SMILES string of the molecule is CSc1c(N2CCC(C(C)C)C2)sc(C(=O)N(C)C)c1N. The summed E-state index contributed by atoms with van der Waals surface area (Å²) in [6.45, 7) is 6.70. The third-order valence-electron chi connectivity index (χ3n) is 4.14. The highest BCUT2D eigenvalue weighted by molar-refractivity contribution is 7.99.